The number of ether oxygens (including phenoxy) is 1. The Morgan fingerprint density at radius 3 is 1.91 bits per heavy atom. The summed E-state index contributed by atoms with van der Waals surface area (Å²) in [5, 5.41) is 14.6. The lowest BCUT2D eigenvalue weighted by Crippen LogP contribution is -2.49. The van der Waals surface area contributed by atoms with E-state index < -0.39 is 30.1 Å². The van der Waals surface area contributed by atoms with Crippen molar-refractivity contribution in [3.63, 3.8) is 0 Å². The minimum atomic E-state index is -1.14. The number of fused-ring (bicyclic) bond motifs is 3. The number of nitrogens with one attached hydrogen (secondary N) is 2. The Balaban J connectivity index is 1.49. The third kappa shape index (κ3) is 5.19. The highest BCUT2D eigenvalue weighted by atomic mass is 16.5. The molecule has 0 heterocycles. The molecule has 0 spiro atoms. The van der Waals surface area contributed by atoms with Crippen molar-refractivity contribution in [1.29, 1.82) is 0 Å². The van der Waals surface area contributed by atoms with Crippen molar-refractivity contribution in [2.75, 3.05) is 6.61 Å². The zero-order chi connectivity index (χ0) is 24.9. The summed E-state index contributed by atoms with van der Waals surface area (Å²) in [6.45, 7) is 3.51. The maximum absolute atomic E-state index is 13.0. The van der Waals surface area contributed by atoms with Gasteiger partial charge in [0.25, 0.3) is 0 Å². The zero-order valence-electron chi connectivity index (χ0n) is 19.6. The Bertz CT molecular complexity index is 1180. The van der Waals surface area contributed by atoms with E-state index in [2.05, 4.69) is 22.8 Å². The lowest BCUT2D eigenvalue weighted by molar-refractivity contribution is -0.143. The predicted molar refractivity (Wildman–Crippen MR) is 132 cm³/mol. The molecule has 1 aliphatic rings. The number of amides is 2. The number of carbonyl (C=O) groups is 3. The fraction of sp³-hybridized carbons (Fsp3) is 0.250. The highest BCUT2D eigenvalue weighted by Crippen LogP contribution is 2.44. The van der Waals surface area contributed by atoms with Crippen molar-refractivity contribution in [2.24, 2.45) is 5.92 Å². The van der Waals surface area contributed by atoms with E-state index in [-0.39, 0.29) is 18.4 Å². The molecular weight excluding hydrogens is 444 g/mol. The Morgan fingerprint density at radius 2 is 1.37 bits per heavy atom. The van der Waals surface area contributed by atoms with Gasteiger partial charge in [0.05, 0.1) is 0 Å². The maximum Gasteiger partial charge on any atom is 0.408 e. The number of benzene rings is 3. The van der Waals surface area contributed by atoms with E-state index in [1.807, 2.05) is 36.4 Å². The summed E-state index contributed by atoms with van der Waals surface area (Å²) in [6, 6.07) is 22.5. The van der Waals surface area contributed by atoms with Gasteiger partial charge in [-0.3, -0.25) is 4.79 Å². The van der Waals surface area contributed by atoms with Crippen LogP contribution in [0.2, 0.25) is 0 Å². The first-order valence-electron chi connectivity index (χ1n) is 11.6. The van der Waals surface area contributed by atoms with E-state index in [0.29, 0.717) is 5.56 Å². The van der Waals surface area contributed by atoms with Crippen LogP contribution in [0.5, 0.6) is 0 Å². The smallest absolute Gasteiger partial charge is 0.408 e. The summed E-state index contributed by atoms with van der Waals surface area (Å²) < 4.78 is 5.60. The van der Waals surface area contributed by atoms with Gasteiger partial charge < -0.3 is 20.5 Å². The molecule has 0 aromatic heterocycles. The van der Waals surface area contributed by atoms with E-state index >= 15 is 0 Å². The molecule has 3 aromatic carbocycles. The molecule has 2 amide bonds. The minimum Gasteiger partial charge on any atom is -0.480 e. The molecule has 1 aliphatic carbocycles. The van der Waals surface area contributed by atoms with Crippen LogP contribution in [0.15, 0.2) is 78.9 Å². The number of carboxylic acid groups (broad SMARTS) is 1. The van der Waals surface area contributed by atoms with Crippen LogP contribution in [0.4, 0.5) is 4.79 Å². The van der Waals surface area contributed by atoms with Crippen LogP contribution >= 0.6 is 0 Å². The number of alkyl carbamates (subject to hydrolysis) is 1. The largest absolute Gasteiger partial charge is 0.480 e. The number of carbonyl (C=O) groups excluding carboxylic acids is 2. The number of carboxylic acids is 1. The minimum absolute atomic E-state index is 0.104. The molecule has 0 fully saturated rings. The standard InChI is InChI=1S/C28H28N2O5/c1-17(2)24(27(32)33)29-26(31)25(18-10-4-3-5-11-18)30-28(34)35-16-23-21-14-8-6-12-19(21)20-13-7-9-15-22(20)23/h3-15,17,23-25H,16H2,1-2H3,(H,29,31)(H,30,34)(H,32,33)/t24-,25+/m1/s1. The van der Waals surface area contributed by atoms with Crippen molar-refractivity contribution in [3.8, 4) is 11.1 Å². The molecule has 2 atom stereocenters. The lowest BCUT2D eigenvalue weighted by atomic mass is 9.98. The van der Waals surface area contributed by atoms with E-state index in [1.165, 1.54) is 0 Å². The molecule has 35 heavy (non-hydrogen) atoms. The van der Waals surface area contributed by atoms with Crippen LogP contribution < -0.4 is 10.6 Å². The summed E-state index contributed by atoms with van der Waals surface area (Å²) in [5.74, 6) is -2.20. The van der Waals surface area contributed by atoms with Gasteiger partial charge in [0.1, 0.15) is 18.7 Å². The van der Waals surface area contributed by atoms with Crippen molar-refractivity contribution >= 4 is 18.0 Å². The van der Waals surface area contributed by atoms with Gasteiger partial charge in [-0.15, -0.1) is 0 Å². The van der Waals surface area contributed by atoms with Crippen LogP contribution in [0.25, 0.3) is 11.1 Å². The van der Waals surface area contributed by atoms with Crippen LogP contribution in [-0.2, 0) is 14.3 Å². The van der Waals surface area contributed by atoms with Gasteiger partial charge in [-0.1, -0.05) is 92.7 Å². The molecule has 0 aliphatic heterocycles. The van der Waals surface area contributed by atoms with Crippen LogP contribution in [0.1, 0.15) is 42.5 Å². The molecule has 3 N–H and O–H groups in total. The molecule has 0 saturated heterocycles. The zero-order valence-corrected chi connectivity index (χ0v) is 19.6. The second-order valence-corrected chi connectivity index (χ2v) is 8.88. The SMILES string of the molecule is CC(C)[C@@H](NC(=O)[C@@H](NC(=O)OCC1c2ccccc2-c2ccccc21)c1ccccc1)C(=O)O. The number of rotatable bonds is 8. The van der Waals surface area contributed by atoms with Crippen molar-refractivity contribution < 1.29 is 24.2 Å². The van der Waals surface area contributed by atoms with Gasteiger partial charge in [-0.25, -0.2) is 9.59 Å². The maximum atomic E-state index is 13.0. The number of hydrogen-bond acceptors (Lipinski definition) is 4. The average Bonchev–Trinajstić information content (AvgIpc) is 3.18. The highest BCUT2D eigenvalue weighted by Gasteiger charge is 2.32. The molecule has 7 nitrogen and oxygen atoms in total. The van der Waals surface area contributed by atoms with Crippen molar-refractivity contribution in [3.05, 3.63) is 95.6 Å². The first-order chi connectivity index (χ1) is 16.9. The van der Waals surface area contributed by atoms with Gasteiger partial charge >= 0.3 is 12.1 Å². The van der Waals surface area contributed by atoms with Crippen LogP contribution in [-0.4, -0.2) is 35.7 Å². The summed E-state index contributed by atoms with van der Waals surface area (Å²) in [7, 11) is 0. The van der Waals surface area contributed by atoms with E-state index in [1.54, 1.807) is 44.2 Å². The van der Waals surface area contributed by atoms with Gasteiger partial charge in [0.15, 0.2) is 0 Å². The van der Waals surface area contributed by atoms with Gasteiger partial charge in [0, 0.05) is 5.92 Å². The number of aliphatic carboxylic acids is 1. The van der Waals surface area contributed by atoms with Gasteiger partial charge in [-0.2, -0.15) is 0 Å². The normalized spacial score (nSPS) is 13.9. The van der Waals surface area contributed by atoms with E-state index in [9.17, 15) is 19.5 Å². The third-order valence-corrected chi connectivity index (χ3v) is 6.23. The fourth-order valence-electron chi connectivity index (χ4n) is 4.45. The van der Waals surface area contributed by atoms with Gasteiger partial charge in [0.2, 0.25) is 5.91 Å². The van der Waals surface area contributed by atoms with Crippen molar-refractivity contribution in [2.45, 2.75) is 31.8 Å². The lowest BCUT2D eigenvalue weighted by Gasteiger charge is -2.23. The Kier molecular flexibility index (Phi) is 7.15. The number of hydrogen-bond donors (Lipinski definition) is 3. The third-order valence-electron chi connectivity index (χ3n) is 6.23. The molecule has 0 radical (unpaired) electrons. The quantitative estimate of drug-likeness (QED) is 0.448. The van der Waals surface area contributed by atoms with Crippen LogP contribution in [0.3, 0.4) is 0 Å². The second-order valence-electron chi connectivity index (χ2n) is 8.88. The Morgan fingerprint density at radius 1 is 0.829 bits per heavy atom. The average molecular weight is 473 g/mol. The summed E-state index contributed by atoms with van der Waals surface area (Å²) >= 11 is 0. The first-order valence-corrected chi connectivity index (χ1v) is 11.6. The molecule has 7 heteroatoms. The van der Waals surface area contributed by atoms with E-state index in [4.69, 9.17) is 4.74 Å². The van der Waals surface area contributed by atoms with Crippen molar-refractivity contribution in [1.82, 2.24) is 10.6 Å². The summed E-state index contributed by atoms with van der Waals surface area (Å²) in [6.07, 6.45) is -0.757. The fourth-order valence-corrected chi connectivity index (χ4v) is 4.45. The molecule has 0 bridgehead atoms. The molecule has 3 aromatic rings. The topological polar surface area (TPSA) is 105 Å². The molecule has 4 rings (SSSR count). The molecule has 0 saturated carbocycles. The summed E-state index contributed by atoms with van der Waals surface area (Å²) in [5.41, 5.74) is 4.92. The Labute approximate surface area is 204 Å². The summed E-state index contributed by atoms with van der Waals surface area (Å²) in [4.78, 5) is 37.5. The predicted octanol–water partition coefficient (Wildman–Crippen LogP) is 4.49. The highest BCUT2D eigenvalue weighted by molar-refractivity contribution is 5.90. The second kappa shape index (κ2) is 10.4. The first kappa shape index (κ1) is 24.0. The monoisotopic (exact) mass is 472 g/mol. The molecule has 180 valence electrons. The Hall–Kier alpha value is -4.13. The van der Waals surface area contributed by atoms with Crippen LogP contribution in [0, 0.1) is 5.92 Å². The molecular formula is C28H28N2O5. The molecule has 0 unspecified atom stereocenters. The van der Waals surface area contributed by atoms with E-state index in [0.717, 1.165) is 22.3 Å². The van der Waals surface area contributed by atoms with Gasteiger partial charge in [-0.05, 0) is 33.7 Å².